The average molecular weight is 270 g/mol. The molecular weight excluding hydrogens is 248 g/mol. The van der Waals surface area contributed by atoms with Crippen LogP contribution in [0, 0.1) is 0 Å². The number of pyridine rings is 1. The maximum Gasteiger partial charge on any atom is 0.120 e. The van der Waals surface area contributed by atoms with Gasteiger partial charge in [0.1, 0.15) is 5.75 Å². The van der Waals surface area contributed by atoms with Gasteiger partial charge in [0.2, 0.25) is 0 Å². The minimum Gasteiger partial charge on any atom is -0.491 e. The average Bonchev–Trinajstić information content (AvgIpc) is 2.45. The van der Waals surface area contributed by atoms with Gasteiger partial charge >= 0.3 is 0 Å². The molecule has 1 heterocycles. The lowest BCUT2D eigenvalue weighted by molar-refractivity contribution is 0.242. The zero-order chi connectivity index (χ0) is 14.4. The molecule has 2 aromatic rings. The predicted octanol–water partition coefficient (Wildman–Crippen LogP) is 4.36. The number of aromatic nitrogens is 1. The highest BCUT2D eigenvalue weighted by Gasteiger charge is 2.04. The third-order valence-electron chi connectivity index (χ3n) is 2.84. The van der Waals surface area contributed by atoms with Crippen molar-refractivity contribution in [1.82, 2.24) is 4.98 Å². The van der Waals surface area contributed by atoms with E-state index in [1.54, 1.807) is 0 Å². The summed E-state index contributed by atoms with van der Waals surface area (Å²) in [5.74, 6) is 0.881. The molecule has 2 rings (SSSR count). The minimum atomic E-state index is 0.177. The van der Waals surface area contributed by atoms with Gasteiger partial charge < -0.3 is 10.1 Å². The second-order valence-electron chi connectivity index (χ2n) is 5.05. The molecule has 0 aliphatic heterocycles. The number of nitrogens with one attached hydrogen (secondary N) is 1. The highest BCUT2D eigenvalue weighted by Crippen LogP contribution is 2.24. The molecule has 0 amide bonds. The molecule has 1 aromatic carbocycles. The van der Waals surface area contributed by atoms with Crippen LogP contribution in [0.3, 0.4) is 0 Å². The predicted molar refractivity (Wildman–Crippen MR) is 84.2 cm³/mol. The highest BCUT2D eigenvalue weighted by molar-refractivity contribution is 5.65. The highest BCUT2D eigenvalue weighted by atomic mass is 16.5. The quantitative estimate of drug-likeness (QED) is 0.847. The van der Waals surface area contributed by atoms with Crippen molar-refractivity contribution in [2.45, 2.75) is 33.3 Å². The summed E-state index contributed by atoms with van der Waals surface area (Å²) in [4.78, 5) is 4.44. The zero-order valence-electron chi connectivity index (χ0n) is 12.4. The van der Waals surface area contributed by atoms with E-state index in [-0.39, 0.29) is 6.10 Å². The molecule has 0 aliphatic rings. The minimum absolute atomic E-state index is 0.177. The molecule has 0 fully saturated rings. The first-order chi connectivity index (χ1) is 9.69. The van der Waals surface area contributed by atoms with Gasteiger partial charge in [0.05, 0.1) is 11.8 Å². The summed E-state index contributed by atoms with van der Waals surface area (Å²) in [5, 5.41) is 3.38. The lowest BCUT2D eigenvalue weighted by atomic mass is 10.1. The Balaban J connectivity index is 2.22. The summed E-state index contributed by atoms with van der Waals surface area (Å²) < 4.78 is 5.73. The molecule has 20 heavy (non-hydrogen) atoms. The molecule has 0 spiro atoms. The van der Waals surface area contributed by atoms with E-state index in [0.29, 0.717) is 0 Å². The topological polar surface area (TPSA) is 34.2 Å². The number of benzene rings is 1. The molecule has 0 saturated carbocycles. The van der Waals surface area contributed by atoms with Crippen molar-refractivity contribution < 1.29 is 4.74 Å². The molecule has 0 radical (unpaired) electrons. The van der Waals surface area contributed by atoms with Gasteiger partial charge in [0.15, 0.2) is 0 Å². The van der Waals surface area contributed by atoms with Gasteiger partial charge in [0.25, 0.3) is 0 Å². The standard InChI is InChI=1S/C17H22N2O/c1-4-9-18-15-8-10-19-17(12-15)14-6-5-7-16(11-14)20-13(2)3/h5-8,10-13H,4,9H2,1-3H3,(H,18,19). The molecule has 0 atom stereocenters. The van der Waals surface area contributed by atoms with E-state index >= 15 is 0 Å². The van der Waals surface area contributed by atoms with Gasteiger partial charge in [-0.3, -0.25) is 4.98 Å². The number of rotatable bonds is 6. The Labute approximate surface area is 121 Å². The molecule has 1 N–H and O–H groups in total. The van der Waals surface area contributed by atoms with Crippen molar-refractivity contribution in [3.05, 3.63) is 42.6 Å². The van der Waals surface area contributed by atoms with Gasteiger partial charge in [0, 0.05) is 24.0 Å². The van der Waals surface area contributed by atoms with Crippen molar-refractivity contribution in [3.63, 3.8) is 0 Å². The fourth-order valence-electron chi connectivity index (χ4n) is 1.97. The van der Waals surface area contributed by atoms with E-state index in [4.69, 9.17) is 4.74 Å². The lowest BCUT2D eigenvalue weighted by Crippen LogP contribution is -2.05. The van der Waals surface area contributed by atoms with Gasteiger partial charge in [-0.05, 0) is 44.5 Å². The van der Waals surface area contributed by atoms with Crippen molar-refractivity contribution in [1.29, 1.82) is 0 Å². The van der Waals surface area contributed by atoms with E-state index < -0.39 is 0 Å². The Bertz CT molecular complexity index is 552. The van der Waals surface area contributed by atoms with Gasteiger partial charge in [-0.2, -0.15) is 0 Å². The number of hydrogen-bond acceptors (Lipinski definition) is 3. The second kappa shape index (κ2) is 6.94. The first-order valence-electron chi connectivity index (χ1n) is 7.16. The van der Waals surface area contributed by atoms with E-state index in [0.717, 1.165) is 35.7 Å². The first kappa shape index (κ1) is 14.4. The number of nitrogens with zero attached hydrogens (tertiary/aromatic N) is 1. The Morgan fingerprint density at radius 1 is 1.20 bits per heavy atom. The van der Waals surface area contributed by atoms with Crippen LogP contribution in [0.5, 0.6) is 5.75 Å². The molecule has 0 unspecified atom stereocenters. The largest absolute Gasteiger partial charge is 0.491 e. The molecule has 1 aromatic heterocycles. The van der Waals surface area contributed by atoms with Gasteiger partial charge in [-0.25, -0.2) is 0 Å². The fraction of sp³-hybridized carbons (Fsp3) is 0.353. The number of ether oxygens (including phenoxy) is 1. The summed E-state index contributed by atoms with van der Waals surface area (Å²) in [6.07, 6.45) is 3.12. The van der Waals surface area contributed by atoms with E-state index in [1.165, 1.54) is 0 Å². The Hall–Kier alpha value is -2.03. The molecule has 0 aliphatic carbocycles. The van der Waals surface area contributed by atoms with Crippen molar-refractivity contribution in [3.8, 4) is 17.0 Å². The van der Waals surface area contributed by atoms with Crippen LogP contribution in [0.2, 0.25) is 0 Å². The second-order valence-corrected chi connectivity index (χ2v) is 5.05. The summed E-state index contributed by atoms with van der Waals surface area (Å²) in [5.41, 5.74) is 3.13. The molecular formula is C17H22N2O. The van der Waals surface area contributed by atoms with Gasteiger partial charge in [-0.15, -0.1) is 0 Å². The van der Waals surface area contributed by atoms with Crippen LogP contribution in [0.4, 0.5) is 5.69 Å². The maximum atomic E-state index is 5.73. The molecule has 106 valence electrons. The van der Waals surface area contributed by atoms with Crippen LogP contribution in [-0.2, 0) is 0 Å². The lowest BCUT2D eigenvalue weighted by Gasteiger charge is -2.11. The summed E-state index contributed by atoms with van der Waals surface area (Å²) in [7, 11) is 0. The molecule has 3 nitrogen and oxygen atoms in total. The monoisotopic (exact) mass is 270 g/mol. The zero-order valence-corrected chi connectivity index (χ0v) is 12.4. The van der Waals surface area contributed by atoms with Crippen molar-refractivity contribution in [2.75, 3.05) is 11.9 Å². The summed E-state index contributed by atoms with van der Waals surface area (Å²) in [6, 6.07) is 12.1. The Kier molecular flexibility index (Phi) is 4.99. The van der Waals surface area contributed by atoms with Crippen molar-refractivity contribution >= 4 is 5.69 Å². The Morgan fingerprint density at radius 2 is 2.05 bits per heavy atom. The van der Waals surface area contributed by atoms with Crippen LogP contribution in [0.1, 0.15) is 27.2 Å². The maximum absolute atomic E-state index is 5.73. The number of hydrogen-bond donors (Lipinski definition) is 1. The third kappa shape index (κ3) is 3.98. The van der Waals surface area contributed by atoms with E-state index in [2.05, 4.69) is 29.4 Å². The van der Waals surface area contributed by atoms with E-state index in [1.807, 2.05) is 44.3 Å². The van der Waals surface area contributed by atoms with Crippen LogP contribution >= 0.6 is 0 Å². The summed E-state index contributed by atoms with van der Waals surface area (Å²) >= 11 is 0. The normalized spacial score (nSPS) is 10.6. The third-order valence-corrected chi connectivity index (χ3v) is 2.84. The van der Waals surface area contributed by atoms with Crippen molar-refractivity contribution in [2.24, 2.45) is 0 Å². The van der Waals surface area contributed by atoms with Crippen LogP contribution in [-0.4, -0.2) is 17.6 Å². The molecule has 0 bridgehead atoms. The molecule has 0 saturated heterocycles. The molecule has 3 heteroatoms. The van der Waals surface area contributed by atoms with Crippen LogP contribution in [0.15, 0.2) is 42.6 Å². The summed E-state index contributed by atoms with van der Waals surface area (Å²) in [6.45, 7) is 7.18. The SMILES string of the molecule is CCCNc1ccnc(-c2cccc(OC(C)C)c2)c1. The number of anilines is 1. The van der Waals surface area contributed by atoms with Gasteiger partial charge in [-0.1, -0.05) is 19.1 Å². The first-order valence-corrected chi connectivity index (χ1v) is 7.16. The smallest absolute Gasteiger partial charge is 0.120 e. The Morgan fingerprint density at radius 3 is 2.80 bits per heavy atom. The van der Waals surface area contributed by atoms with Crippen LogP contribution in [0.25, 0.3) is 11.3 Å². The fourth-order valence-corrected chi connectivity index (χ4v) is 1.97. The van der Waals surface area contributed by atoms with Crippen LogP contribution < -0.4 is 10.1 Å². The van der Waals surface area contributed by atoms with E-state index in [9.17, 15) is 0 Å².